The molecule has 0 aromatic heterocycles. The quantitative estimate of drug-likeness (QED) is 0.787. The molecule has 4 heteroatoms. The standard InChI is InChI=1S/C14H25N3O/c1-11-9-15-13(17-11)16-10-12-5-8-14(18-12)6-3-2-4-7-14/h11-12H,2-10H2,1H3,(H2,15,16,17). The van der Waals surface area contributed by atoms with Crippen molar-refractivity contribution in [3.8, 4) is 0 Å². The van der Waals surface area contributed by atoms with Gasteiger partial charge in [-0.05, 0) is 32.6 Å². The second-order valence-electron chi connectivity index (χ2n) is 6.14. The van der Waals surface area contributed by atoms with Gasteiger partial charge < -0.3 is 15.4 Å². The molecule has 0 amide bonds. The number of ether oxygens (including phenoxy) is 1. The summed E-state index contributed by atoms with van der Waals surface area (Å²) in [5, 5.41) is 6.72. The van der Waals surface area contributed by atoms with Crippen LogP contribution in [-0.2, 0) is 4.74 Å². The fraction of sp³-hybridized carbons (Fsp3) is 0.929. The van der Waals surface area contributed by atoms with Crippen molar-refractivity contribution in [3.05, 3.63) is 0 Å². The van der Waals surface area contributed by atoms with Gasteiger partial charge in [-0.15, -0.1) is 0 Å². The van der Waals surface area contributed by atoms with Crippen molar-refractivity contribution in [3.63, 3.8) is 0 Å². The van der Waals surface area contributed by atoms with Crippen LogP contribution in [-0.4, -0.2) is 36.8 Å². The summed E-state index contributed by atoms with van der Waals surface area (Å²) in [4.78, 5) is 4.42. The monoisotopic (exact) mass is 251 g/mol. The zero-order chi connectivity index (χ0) is 12.4. The number of guanidine groups is 1. The van der Waals surface area contributed by atoms with E-state index in [0.717, 1.165) is 19.0 Å². The van der Waals surface area contributed by atoms with Gasteiger partial charge in [0.05, 0.1) is 18.2 Å². The first-order valence-electron chi connectivity index (χ1n) is 7.48. The minimum Gasteiger partial charge on any atom is -0.370 e. The van der Waals surface area contributed by atoms with Crippen LogP contribution >= 0.6 is 0 Å². The molecule has 4 nitrogen and oxygen atoms in total. The van der Waals surface area contributed by atoms with E-state index >= 15 is 0 Å². The summed E-state index contributed by atoms with van der Waals surface area (Å²) in [6.07, 6.45) is 9.50. The van der Waals surface area contributed by atoms with Gasteiger partial charge in [0.25, 0.3) is 0 Å². The third-order valence-electron chi connectivity index (χ3n) is 4.51. The molecule has 2 atom stereocenters. The van der Waals surface area contributed by atoms with Gasteiger partial charge >= 0.3 is 0 Å². The molecule has 0 radical (unpaired) electrons. The van der Waals surface area contributed by atoms with Gasteiger partial charge in [-0.25, -0.2) is 0 Å². The SMILES string of the molecule is CC1CN=C(NCC2CCC3(CCCCC3)O2)N1. The molecular weight excluding hydrogens is 226 g/mol. The van der Waals surface area contributed by atoms with E-state index in [9.17, 15) is 0 Å². The molecule has 2 N–H and O–H groups in total. The van der Waals surface area contributed by atoms with Crippen molar-refractivity contribution in [2.75, 3.05) is 13.1 Å². The summed E-state index contributed by atoms with van der Waals surface area (Å²) < 4.78 is 6.33. The van der Waals surface area contributed by atoms with Crippen molar-refractivity contribution in [2.24, 2.45) is 4.99 Å². The summed E-state index contributed by atoms with van der Waals surface area (Å²) in [7, 11) is 0. The van der Waals surface area contributed by atoms with E-state index in [-0.39, 0.29) is 5.60 Å². The minimum absolute atomic E-state index is 0.239. The van der Waals surface area contributed by atoms with Gasteiger partial charge in [0.1, 0.15) is 0 Å². The van der Waals surface area contributed by atoms with Crippen LogP contribution in [0.4, 0.5) is 0 Å². The van der Waals surface area contributed by atoms with E-state index in [1.165, 1.54) is 44.9 Å². The molecule has 2 fully saturated rings. The van der Waals surface area contributed by atoms with E-state index in [4.69, 9.17) is 4.74 Å². The van der Waals surface area contributed by atoms with E-state index in [0.29, 0.717) is 12.1 Å². The Morgan fingerprint density at radius 3 is 2.89 bits per heavy atom. The van der Waals surface area contributed by atoms with Crippen LogP contribution in [0.1, 0.15) is 51.9 Å². The molecule has 2 aliphatic heterocycles. The zero-order valence-electron chi connectivity index (χ0n) is 11.4. The van der Waals surface area contributed by atoms with Crippen LogP contribution in [0, 0.1) is 0 Å². The van der Waals surface area contributed by atoms with Crippen LogP contribution < -0.4 is 10.6 Å². The Morgan fingerprint density at radius 2 is 2.17 bits per heavy atom. The lowest BCUT2D eigenvalue weighted by atomic mass is 9.83. The van der Waals surface area contributed by atoms with E-state index < -0.39 is 0 Å². The molecule has 1 saturated carbocycles. The first-order valence-corrected chi connectivity index (χ1v) is 7.48. The molecule has 3 aliphatic rings. The second kappa shape index (κ2) is 5.08. The summed E-state index contributed by atoms with van der Waals surface area (Å²) in [5.41, 5.74) is 0.239. The fourth-order valence-electron chi connectivity index (χ4n) is 3.47. The number of nitrogens with zero attached hydrogens (tertiary/aromatic N) is 1. The molecule has 102 valence electrons. The Bertz CT molecular complexity index is 323. The largest absolute Gasteiger partial charge is 0.370 e. The molecule has 1 saturated heterocycles. The summed E-state index contributed by atoms with van der Waals surface area (Å²) in [5.74, 6) is 0.954. The predicted octanol–water partition coefficient (Wildman–Crippen LogP) is 1.81. The highest BCUT2D eigenvalue weighted by atomic mass is 16.5. The van der Waals surface area contributed by atoms with E-state index in [1.807, 2.05) is 0 Å². The number of hydrogen-bond acceptors (Lipinski definition) is 4. The maximum atomic E-state index is 6.33. The molecule has 0 bridgehead atoms. The molecule has 2 unspecified atom stereocenters. The highest BCUT2D eigenvalue weighted by Gasteiger charge is 2.40. The van der Waals surface area contributed by atoms with Crippen LogP contribution in [0.15, 0.2) is 4.99 Å². The zero-order valence-corrected chi connectivity index (χ0v) is 11.4. The lowest BCUT2D eigenvalue weighted by Crippen LogP contribution is -2.42. The molecular formula is C14H25N3O. The Balaban J connectivity index is 1.45. The molecule has 2 heterocycles. The van der Waals surface area contributed by atoms with Gasteiger partial charge in [-0.3, -0.25) is 4.99 Å². The molecule has 0 aromatic rings. The minimum atomic E-state index is 0.239. The number of rotatable bonds is 2. The van der Waals surface area contributed by atoms with Crippen molar-refractivity contribution >= 4 is 5.96 Å². The third-order valence-corrected chi connectivity index (χ3v) is 4.51. The highest BCUT2D eigenvalue weighted by molar-refractivity contribution is 5.81. The van der Waals surface area contributed by atoms with Gasteiger partial charge in [0, 0.05) is 12.6 Å². The number of aliphatic imine (C=N–C) groups is 1. The topological polar surface area (TPSA) is 45.7 Å². The van der Waals surface area contributed by atoms with Crippen LogP contribution in [0.25, 0.3) is 0 Å². The molecule has 3 rings (SSSR count). The van der Waals surface area contributed by atoms with E-state index in [1.54, 1.807) is 0 Å². The van der Waals surface area contributed by atoms with Crippen molar-refractivity contribution in [2.45, 2.75) is 69.6 Å². The summed E-state index contributed by atoms with van der Waals surface area (Å²) in [6, 6.07) is 0.474. The van der Waals surface area contributed by atoms with Crippen LogP contribution in [0.2, 0.25) is 0 Å². The molecule has 18 heavy (non-hydrogen) atoms. The molecule has 0 aromatic carbocycles. The van der Waals surface area contributed by atoms with Gasteiger partial charge in [0.2, 0.25) is 0 Å². The Morgan fingerprint density at radius 1 is 1.33 bits per heavy atom. The maximum absolute atomic E-state index is 6.33. The van der Waals surface area contributed by atoms with E-state index in [2.05, 4.69) is 22.5 Å². The summed E-state index contributed by atoms with van der Waals surface area (Å²) in [6.45, 7) is 3.94. The highest BCUT2D eigenvalue weighted by Crippen LogP contribution is 2.41. The number of hydrogen-bond donors (Lipinski definition) is 2. The third kappa shape index (κ3) is 2.63. The number of nitrogens with one attached hydrogen (secondary N) is 2. The van der Waals surface area contributed by atoms with Gasteiger partial charge in [0.15, 0.2) is 5.96 Å². The average Bonchev–Trinajstić information content (AvgIpc) is 2.96. The average molecular weight is 251 g/mol. The van der Waals surface area contributed by atoms with Crippen LogP contribution in [0.3, 0.4) is 0 Å². The first kappa shape index (κ1) is 12.3. The lowest BCUT2D eigenvalue weighted by molar-refractivity contribution is -0.0612. The predicted molar refractivity (Wildman–Crippen MR) is 72.8 cm³/mol. The normalized spacial score (nSPS) is 34.4. The van der Waals surface area contributed by atoms with Crippen LogP contribution in [0.5, 0.6) is 0 Å². The fourth-order valence-corrected chi connectivity index (χ4v) is 3.47. The smallest absolute Gasteiger partial charge is 0.191 e. The Hall–Kier alpha value is -0.770. The first-order chi connectivity index (χ1) is 8.76. The van der Waals surface area contributed by atoms with Crippen molar-refractivity contribution in [1.29, 1.82) is 0 Å². The maximum Gasteiger partial charge on any atom is 0.191 e. The van der Waals surface area contributed by atoms with Gasteiger partial charge in [-0.2, -0.15) is 0 Å². The van der Waals surface area contributed by atoms with Gasteiger partial charge in [-0.1, -0.05) is 19.3 Å². The Kier molecular flexibility index (Phi) is 3.46. The molecule has 1 aliphatic carbocycles. The van der Waals surface area contributed by atoms with Crippen molar-refractivity contribution < 1.29 is 4.74 Å². The van der Waals surface area contributed by atoms with Crippen molar-refractivity contribution in [1.82, 2.24) is 10.6 Å². The molecule has 1 spiro atoms. The Labute approximate surface area is 110 Å². The summed E-state index contributed by atoms with van der Waals surface area (Å²) >= 11 is 0. The lowest BCUT2D eigenvalue weighted by Gasteiger charge is -2.33. The second-order valence-corrected chi connectivity index (χ2v) is 6.14.